The van der Waals surface area contributed by atoms with Gasteiger partial charge in [-0.25, -0.2) is 4.57 Å². The molecule has 0 aromatic carbocycles. The van der Waals surface area contributed by atoms with Gasteiger partial charge >= 0.3 is 13.8 Å². The second-order valence-corrected chi connectivity index (χ2v) is 12.9. The van der Waals surface area contributed by atoms with E-state index in [-0.39, 0.29) is 6.42 Å². The van der Waals surface area contributed by atoms with Crippen LogP contribution in [-0.4, -0.2) is 97.4 Å². The first-order chi connectivity index (χ1) is 22.0. The number of esters is 1. The van der Waals surface area contributed by atoms with Gasteiger partial charge in [-0.3, -0.25) is 13.8 Å². The maximum absolute atomic E-state index is 12.2. The van der Waals surface area contributed by atoms with Gasteiger partial charge in [0.1, 0.15) is 49.3 Å². The molecule has 1 aliphatic rings. The van der Waals surface area contributed by atoms with E-state index in [2.05, 4.69) is 64.6 Å². The predicted octanol–water partition coefficient (Wildman–Crippen LogP) is 3.92. The first-order valence-corrected chi connectivity index (χ1v) is 18.0. The number of unbranched alkanes of at least 4 members (excludes halogenated alkanes) is 8. The lowest BCUT2D eigenvalue weighted by Crippen LogP contribution is -2.64. The van der Waals surface area contributed by atoms with Crippen molar-refractivity contribution < 1.29 is 58.7 Å². The number of ether oxygens (including phenoxy) is 1. The summed E-state index contributed by atoms with van der Waals surface area (Å²) in [5.74, 6) is -0.520. The molecule has 1 aliphatic carbocycles. The minimum Gasteiger partial charge on any atom is -0.463 e. The largest absolute Gasteiger partial charge is 0.472 e. The van der Waals surface area contributed by atoms with Gasteiger partial charge in [-0.15, -0.1) is 0 Å². The van der Waals surface area contributed by atoms with Crippen molar-refractivity contribution in [1.82, 2.24) is 0 Å². The first-order valence-electron chi connectivity index (χ1n) is 16.5. The van der Waals surface area contributed by atoms with Crippen LogP contribution in [0.15, 0.2) is 48.6 Å². The highest BCUT2D eigenvalue weighted by molar-refractivity contribution is 7.47. The summed E-state index contributed by atoms with van der Waals surface area (Å²) in [6.45, 7) is 0.867. The van der Waals surface area contributed by atoms with Gasteiger partial charge in [0, 0.05) is 6.42 Å². The average Bonchev–Trinajstić information content (AvgIpc) is 3.03. The van der Waals surface area contributed by atoms with Crippen molar-refractivity contribution in [2.75, 3.05) is 13.2 Å². The highest BCUT2D eigenvalue weighted by Gasteiger charge is 2.51. The van der Waals surface area contributed by atoms with Crippen molar-refractivity contribution in [3.05, 3.63) is 48.6 Å². The number of aliphatic hydroxyl groups is 6. The summed E-state index contributed by atoms with van der Waals surface area (Å²) in [7, 11) is -4.99. The number of phosphoric ester groups is 1. The maximum atomic E-state index is 12.2. The molecule has 0 amide bonds. The molecule has 0 heterocycles. The molecule has 0 spiro atoms. The Balaban J connectivity index is 2.02. The van der Waals surface area contributed by atoms with Gasteiger partial charge in [-0.1, -0.05) is 94.1 Å². The topological polar surface area (TPSA) is 203 Å². The van der Waals surface area contributed by atoms with Gasteiger partial charge in [0.2, 0.25) is 0 Å². The van der Waals surface area contributed by atoms with E-state index in [1.807, 2.05) is 0 Å². The smallest absolute Gasteiger partial charge is 0.463 e. The standard InChI is InChI=1S/C33H57O12P/c1-2-3-4-5-6-7-8-9-10-11-12-13-14-15-16-17-18-19-20-21-22-23-27(35)43-24-26(34)25-44-46(41,42)45-33-31(39)29(37)28(36)30(38)32(33)40/h3-4,6-7,9-10,12-13,26,28-34,36-40H,2,5,8,11,14-25H2,1H3,(H,41,42)/b4-3-,7-6-,10-9-,13-12-. The Hall–Kier alpha value is -1.70. The fourth-order valence-corrected chi connectivity index (χ4v) is 5.66. The molecule has 6 atom stereocenters. The van der Waals surface area contributed by atoms with E-state index in [0.717, 1.165) is 57.8 Å². The molecule has 6 unspecified atom stereocenters. The Labute approximate surface area is 273 Å². The zero-order valence-corrected chi connectivity index (χ0v) is 28.0. The van der Waals surface area contributed by atoms with Crippen LogP contribution in [0.2, 0.25) is 0 Å². The zero-order valence-electron chi connectivity index (χ0n) is 27.1. The fraction of sp³-hybridized carbons (Fsp3) is 0.727. The number of aliphatic hydroxyl groups excluding tert-OH is 6. The summed E-state index contributed by atoms with van der Waals surface area (Å²) < 4.78 is 26.4. The van der Waals surface area contributed by atoms with E-state index in [4.69, 9.17) is 4.74 Å². The monoisotopic (exact) mass is 676 g/mol. The minimum absolute atomic E-state index is 0.179. The molecule has 0 saturated heterocycles. The number of hydrogen-bond acceptors (Lipinski definition) is 11. The van der Waals surface area contributed by atoms with Gasteiger partial charge in [0.15, 0.2) is 0 Å². The van der Waals surface area contributed by atoms with Crippen molar-refractivity contribution in [2.45, 2.75) is 140 Å². The predicted molar refractivity (Wildman–Crippen MR) is 175 cm³/mol. The van der Waals surface area contributed by atoms with E-state index in [1.165, 1.54) is 19.3 Å². The minimum atomic E-state index is -4.99. The van der Waals surface area contributed by atoms with Crippen molar-refractivity contribution in [3.63, 3.8) is 0 Å². The highest BCUT2D eigenvalue weighted by atomic mass is 31.2. The Morgan fingerprint density at radius 3 is 1.67 bits per heavy atom. The lowest BCUT2D eigenvalue weighted by molar-refractivity contribution is -0.220. The Morgan fingerprint density at radius 1 is 0.674 bits per heavy atom. The summed E-state index contributed by atoms with van der Waals surface area (Å²) in [6.07, 6.45) is 18.1. The molecule has 46 heavy (non-hydrogen) atoms. The molecule has 0 radical (unpaired) electrons. The molecule has 1 rings (SSSR count). The molecule has 7 N–H and O–H groups in total. The van der Waals surface area contributed by atoms with E-state index < -0.39 is 69.7 Å². The van der Waals surface area contributed by atoms with Crippen LogP contribution in [0.3, 0.4) is 0 Å². The molecule has 0 aliphatic heterocycles. The van der Waals surface area contributed by atoms with Crippen LogP contribution in [0.25, 0.3) is 0 Å². The molecule has 1 fully saturated rings. The summed E-state index contributed by atoms with van der Waals surface area (Å²) in [5.41, 5.74) is 0. The highest BCUT2D eigenvalue weighted by Crippen LogP contribution is 2.47. The lowest BCUT2D eigenvalue weighted by Gasteiger charge is -2.41. The molecule has 0 aromatic heterocycles. The van der Waals surface area contributed by atoms with Gasteiger partial charge in [-0.2, -0.15) is 0 Å². The van der Waals surface area contributed by atoms with E-state index >= 15 is 0 Å². The van der Waals surface area contributed by atoms with E-state index in [9.17, 15) is 44.9 Å². The van der Waals surface area contributed by atoms with Crippen molar-refractivity contribution >= 4 is 13.8 Å². The van der Waals surface area contributed by atoms with Crippen LogP contribution in [0.4, 0.5) is 0 Å². The summed E-state index contributed by atoms with van der Waals surface area (Å²) >= 11 is 0. The molecule has 12 nitrogen and oxygen atoms in total. The molecule has 0 aromatic rings. The van der Waals surface area contributed by atoms with Gasteiger partial charge in [0.05, 0.1) is 6.61 Å². The summed E-state index contributed by atoms with van der Waals surface area (Å²) in [5, 5.41) is 58.7. The number of rotatable bonds is 25. The number of carbonyl (C=O) groups excluding carboxylic acids is 1. The normalized spacial score (nSPS) is 26.0. The second-order valence-electron chi connectivity index (χ2n) is 11.5. The zero-order chi connectivity index (χ0) is 34.2. The van der Waals surface area contributed by atoms with Crippen LogP contribution >= 0.6 is 7.82 Å². The lowest BCUT2D eigenvalue weighted by atomic mass is 9.85. The molecule has 0 bridgehead atoms. The van der Waals surface area contributed by atoms with Crippen LogP contribution in [0, 0.1) is 0 Å². The van der Waals surface area contributed by atoms with Gasteiger partial charge in [-0.05, 0) is 44.9 Å². The Morgan fingerprint density at radius 2 is 1.13 bits per heavy atom. The van der Waals surface area contributed by atoms with Crippen molar-refractivity contribution in [3.8, 4) is 0 Å². The Kier molecular flexibility index (Phi) is 23.3. The second kappa shape index (κ2) is 25.3. The third kappa shape index (κ3) is 19.2. The first kappa shape index (κ1) is 42.3. The number of allylic oxidation sites excluding steroid dienone is 8. The third-order valence-electron chi connectivity index (χ3n) is 7.42. The van der Waals surface area contributed by atoms with Crippen LogP contribution in [0.5, 0.6) is 0 Å². The average molecular weight is 677 g/mol. The van der Waals surface area contributed by atoms with Crippen LogP contribution < -0.4 is 0 Å². The van der Waals surface area contributed by atoms with E-state index in [1.54, 1.807) is 0 Å². The number of hydrogen-bond donors (Lipinski definition) is 7. The molecular weight excluding hydrogens is 619 g/mol. The SMILES string of the molecule is CC/C=C\C/C=C\C/C=C\C/C=C\CCCCCCCCCCC(=O)OCC(O)COP(=O)(O)OC1C(O)C(O)C(O)C(O)C1O. The molecule has 13 heteroatoms. The molecule has 1 saturated carbocycles. The Bertz CT molecular complexity index is 952. The number of phosphoric acid groups is 1. The molecule has 266 valence electrons. The van der Waals surface area contributed by atoms with Gasteiger partial charge < -0.3 is 40.3 Å². The third-order valence-corrected chi connectivity index (χ3v) is 8.40. The maximum Gasteiger partial charge on any atom is 0.472 e. The quantitative estimate of drug-likeness (QED) is 0.0318. The number of carbonyl (C=O) groups is 1. The van der Waals surface area contributed by atoms with E-state index in [0.29, 0.717) is 6.42 Å². The van der Waals surface area contributed by atoms with Gasteiger partial charge in [0.25, 0.3) is 0 Å². The molecular formula is C33H57O12P. The fourth-order valence-electron chi connectivity index (χ4n) is 4.69. The van der Waals surface area contributed by atoms with Crippen molar-refractivity contribution in [2.24, 2.45) is 0 Å². The van der Waals surface area contributed by atoms with Crippen molar-refractivity contribution in [1.29, 1.82) is 0 Å². The summed E-state index contributed by atoms with van der Waals surface area (Å²) in [6, 6.07) is 0. The van der Waals surface area contributed by atoms with Crippen LogP contribution in [-0.2, 0) is 23.1 Å². The summed E-state index contributed by atoms with van der Waals surface area (Å²) in [4.78, 5) is 21.8. The van der Waals surface area contributed by atoms with Crippen LogP contribution in [0.1, 0.15) is 96.8 Å².